The molecule has 0 bridgehead atoms. The lowest BCUT2D eigenvalue weighted by atomic mass is 10.1. The number of carbonyl (C=O) groups is 1. The van der Waals surface area contributed by atoms with Crippen LogP contribution in [0.2, 0.25) is 0 Å². The van der Waals surface area contributed by atoms with Crippen molar-refractivity contribution in [3.05, 3.63) is 40.7 Å². The van der Waals surface area contributed by atoms with Crippen molar-refractivity contribution in [3.63, 3.8) is 0 Å². The van der Waals surface area contributed by atoms with E-state index in [1.807, 2.05) is 30.0 Å². The Labute approximate surface area is 172 Å². The number of nitrogens with zero attached hydrogens (tertiary/aromatic N) is 3. The summed E-state index contributed by atoms with van der Waals surface area (Å²) in [7, 11) is 3.20. The first-order valence-electron chi connectivity index (χ1n) is 9.29. The number of carbonyl (C=O) groups excluding carboxylic acids is 1. The van der Waals surface area contributed by atoms with E-state index in [2.05, 4.69) is 15.3 Å². The zero-order chi connectivity index (χ0) is 20.4. The second-order valence-electron chi connectivity index (χ2n) is 6.83. The highest BCUT2D eigenvalue weighted by atomic mass is 32.1. The molecule has 8 nitrogen and oxygen atoms in total. The van der Waals surface area contributed by atoms with Crippen molar-refractivity contribution in [1.82, 2.24) is 19.9 Å². The van der Waals surface area contributed by atoms with Gasteiger partial charge in [0, 0.05) is 55.1 Å². The Morgan fingerprint density at radius 3 is 2.93 bits per heavy atom. The molecule has 3 heterocycles. The molecule has 0 radical (unpaired) electrons. The summed E-state index contributed by atoms with van der Waals surface area (Å²) in [5, 5.41) is 4.19. The Kier molecular flexibility index (Phi) is 5.61. The van der Waals surface area contributed by atoms with Crippen molar-refractivity contribution in [2.75, 3.05) is 26.1 Å². The fraction of sp³-hybridized carbons (Fsp3) is 0.350. The van der Waals surface area contributed by atoms with Crippen molar-refractivity contribution in [2.45, 2.75) is 26.1 Å². The molecule has 1 atom stereocenters. The number of fused-ring (bicyclic) bond motifs is 1. The molecule has 2 N–H and O–H groups in total. The van der Waals surface area contributed by atoms with Gasteiger partial charge in [0.25, 0.3) is 0 Å². The van der Waals surface area contributed by atoms with Crippen molar-refractivity contribution in [1.29, 1.82) is 0 Å². The van der Waals surface area contributed by atoms with Crippen LogP contribution in [0.1, 0.15) is 16.3 Å². The van der Waals surface area contributed by atoms with Crippen molar-refractivity contribution >= 4 is 28.4 Å². The number of rotatable bonds is 7. The molecule has 2 aromatic heterocycles. The lowest BCUT2D eigenvalue weighted by Crippen LogP contribution is -2.40. The fourth-order valence-corrected chi connectivity index (χ4v) is 4.47. The van der Waals surface area contributed by atoms with E-state index < -0.39 is 6.23 Å². The number of thiazole rings is 1. The molecule has 0 fully saturated rings. The van der Waals surface area contributed by atoms with Crippen LogP contribution in [0.4, 0.5) is 10.8 Å². The minimum absolute atomic E-state index is 0.510. The minimum atomic E-state index is -0.510. The molecule has 0 saturated heterocycles. The second kappa shape index (κ2) is 8.32. The van der Waals surface area contributed by atoms with E-state index in [1.54, 1.807) is 31.8 Å². The number of benzene rings is 1. The first-order chi connectivity index (χ1) is 14.1. The molecular weight excluding hydrogens is 390 g/mol. The lowest BCUT2D eigenvalue weighted by Gasteiger charge is -2.29. The first kappa shape index (κ1) is 19.6. The van der Waals surface area contributed by atoms with E-state index in [1.165, 1.54) is 0 Å². The molecule has 152 valence electrons. The van der Waals surface area contributed by atoms with Crippen LogP contribution in [-0.2, 0) is 22.5 Å². The average molecular weight is 414 g/mol. The number of anilines is 2. The Morgan fingerprint density at radius 1 is 1.38 bits per heavy atom. The number of ether oxygens (including phenoxy) is 2. The molecule has 0 amide bonds. The number of aryl methyl sites for hydroxylation is 1. The van der Waals surface area contributed by atoms with Crippen LogP contribution in [0.3, 0.4) is 0 Å². The normalized spacial score (nSPS) is 15.0. The van der Waals surface area contributed by atoms with Gasteiger partial charge >= 0.3 is 0 Å². The topological polar surface area (TPSA) is 92.4 Å². The number of hydrogen-bond donors (Lipinski definition) is 2. The number of aromatic nitrogens is 3. The maximum Gasteiger partial charge on any atom is 0.187 e. The molecule has 29 heavy (non-hydrogen) atoms. The van der Waals surface area contributed by atoms with E-state index in [4.69, 9.17) is 14.5 Å². The largest absolute Gasteiger partial charge is 0.496 e. The zero-order valence-corrected chi connectivity index (χ0v) is 17.4. The summed E-state index contributed by atoms with van der Waals surface area (Å²) in [5.41, 5.74) is 3.86. The molecule has 9 heteroatoms. The van der Waals surface area contributed by atoms with E-state index in [0.29, 0.717) is 6.54 Å². The third-order valence-electron chi connectivity index (χ3n) is 4.89. The Hall–Kier alpha value is -2.75. The third kappa shape index (κ3) is 4.02. The Bertz CT molecular complexity index is 1020. The monoisotopic (exact) mass is 413 g/mol. The fourth-order valence-electron chi connectivity index (χ4n) is 3.41. The summed E-state index contributed by atoms with van der Waals surface area (Å²) in [4.78, 5) is 26.7. The molecule has 0 aliphatic carbocycles. The summed E-state index contributed by atoms with van der Waals surface area (Å²) in [5.74, 6) is 1.50. The first-order valence-corrected chi connectivity index (χ1v) is 10.1. The van der Waals surface area contributed by atoms with Gasteiger partial charge in [0.2, 0.25) is 0 Å². The quantitative estimate of drug-likeness (QED) is 0.575. The van der Waals surface area contributed by atoms with Gasteiger partial charge in [-0.05, 0) is 19.1 Å². The third-order valence-corrected chi connectivity index (χ3v) is 5.89. The van der Waals surface area contributed by atoms with E-state index in [9.17, 15) is 4.79 Å². The van der Waals surface area contributed by atoms with E-state index >= 15 is 0 Å². The van der Waals surface area contributed by atoms with Crippen LogP contribution in [0.5, 0.6) is 5.75 Å². The smallest absolute Gasteiger partial charge is 0.187 e. The van der Waals surface area contributed by atoms with Crippen LogP contribution in [0, 0.1) is 6.92 Å². The number of aromatic amines is 1. The molecule has 1 aliphatic rings. The van der Waals surface area contributed by atoms with Crippen LogP contribution in [-0.4, -0.2) is 53.1 Å². The summed E-state index contributed by atoms with van der Waals surface area (Å²) in [6, 6.07) is 5.89. The number of aldehydes is 1. The predicted octanol–water partition coefficient (Wildman–Crippen LogP) is 3.12. The highest BCUT2D eigenvalue weighted by Gasteiger charge is 2.26. The van der Waals surface area contributed by atoms with Gasteiger partial charge < -0.3 is 19.8 Å². The van der Waals surface area contributed by atoms with E-state index in [-0.39, 0.29) is 0 Å². The highest BCUT2D eigenvalue weighted by molar-refractivity contribution is 7.15. The number of nitrogens with one attached hydrogen (secondary N) is 2. The molecule has 4 rings (SSSR count). The van der Waals surface area contributed by atoms with Crippen molar-refractivity contribution in [3.8, 4) is 17.1 Å². The van der Waals surface area contributed by atoms with Crippen LogP contribution in [0.25, 0.3) is 11.4 Å². The molecule has 3 aromatic rings. The van der Waals surface area contributed by atoms with Crippen LogP contribution < -0.4 is 10.1 Å². The standard InChI is InChI=1S/C20H23N5O3S/c1-12-9-21-19(22-12)14-5-4-13(8-16(14)27-2)23-20-24-15-6-7-25(10-17(15)29-20)18(11-26)28-3/h4-5,8-9,11,18H,6-7,10H2,1-3H3,(H,21,22)(H,23,24). The SMILES string of the molecule is COc1cc(Nc2nc3c(s2)CN(C(C=O)OC)CC3)ccc1-c1ncc(C)[nH]1. The van der Waals surface area contributed by atoms with Gasteiger partial charge in [-0.3, -0.25) is 9.69 Å². The van der Waals surface area contributed by atoms with Gasteiger partial charge in [-0.1, -0.05) is 0 Å². The van der Waals surface area contributed by atoms with Gasteiger partial charge in [0.1, 0.15) is 11.6 Å². The summed E-state index contributed by atoms with van der Waals surface area (Å²) >= 11 is 1.59. The van der Waals surface area contributed by atoms with Crippen LogP contribution >= 0.6 is 11.3 Å². The van der Waals surface area contributed by atoms with Crippen LogP contribution in [0.15, 0.2) is 24.4 Å². The summed E-state index contributed by atoms with van der Waals surface area (Å²) < 4.78 is 10.8. The second-order valence-corrected chi connectivity index (χ2v) is 7.91. The molecular formula is C20H23N5O3S. The van der Waals surface area contributed by atoms with Crippen molar-refractivity contribution < 1.29 is 14.3 Å². The average Bonchev–Trinajstić information content (AvgIpc) is 3.34. The Balaban J connectivity index is 1.53. The van der Waals surface area contributed by atoms with E-state index in [0.717, 1.165) is 63.5 Å². The predicted molar refractivity (Wildman–Crippen MR) is 112 cm³/mol. The molecule has 0 saturated carbocycles. The number of imidazole rings is 1. The minimum Gasteiger partial charge on any atom is -0.496 e. The maximum atomic E-state index is 11.2. The number of hydrogen-bond acceptors (Lipinski definition) is 8. The molecule has 1 unspecified atom stereocenters. The van der Waals surface area contributed by atoms with Gasteiger partial charge in [-0.25, -0.2) is 9.97 Å². The van der Waals surface area contributed by atoms with Gasteiger partial charge in [-0.2, -0.15) is 0 Å². The van der Waals surface area contributed by atoms with Crippen molar-refractivity contribution in [2.24, 2.45) is 0 Å². The highest BCUT2D eigenvalue weighted by Crippen LogP contribution is 2.34. The van der Waals surface area contributed by atoms with Gasteiger partial charge in [0.05, 0.1) is 18.4 Å². The molecule has 0 spiro atoms. The molecule has 1 aliphatic heterocycles. The maximum absolute atomic E-state index is 11.2. The molecule has 1 aromatic carbocycles. The summed E-state index contributed by atoms with van der Waals surface area (Å²) in [6.45, 7) is 3.37. The number of methoxy groups -OCH3 is 2. The number of H-pyrrole nitrogens is 1. The summed E-state index contributed by atoms with van der Waals surface area (Å²) in [6.07, 6.45) is 2.91. The Morgan fingerprint density at radius 2 is 2.24 bits per heavy atom. The zero-order valence-electron chi connectivity index (χ0n) is 16.6. The van der Waals surface area contributed by atoms with Gasteiger partial charge in [0.15, 0.2) is 17.6 Å². The van der Waals surface area contributed by atoms with Gasteiger partial charge in [-0.15, -0.1) is 11.3 Å². The lowest BCUT2D eigenvalue weighted by molar-refractivity contribution is -0.128.